The van der Waals surface area contributed by atoms with E-state index < -0.39 is 0 Å². The summed E-state index contributed by atoms with van der Waals surface area (Å²) in [6, 6.07) is 0. The van der Waals surface area contributed by atoms with Crippen LogP contribution < -0.4 is 16.8 Å². The average molecular weight is 223 g/mol. The van der Waals surface area contributed by atoms with E-state index >= 15 is 0 Å². The van der Waals surface area contributed by atoms with Crippen LogP contribution >= 0.6 is 0 Å². The number of hydrogen-bond acceptors (Lipinski definition) is 3. The number of terminal acetylenes is 1. The molecule has 0 saturated heterocycles. The molecule has 0 aliphatic rings. The van der Waals surface area contributed by atoms with Crippen molar-refractivity contribution < 1.29 is 4.79 Å². The zero-order valence-corrected chi connectivity index (χ0v) is 10.2. The second-order valence-corrected chi connectivity index (χ2v) is 3.09. The Labute approximate surface area is 97.8 Å². The number of amides is 1. The Morgan fingerprint density at radius 3 is 2.31 bits per heavy atom. The Morgan fingerprint density at radius 2 is 1.94 bits per heavy atom. The number of nitrogens with one attached hydrogen (secondary N) is 1. The molecule has 5 N–H and O–H groups in total. The van der Waals surface area contributed by atoms with E-state index in [0.717, 1.165) is 0 Å². The Morgan fingerprint density at radius 1 is 1.44 bits per heavy atom. The second kappa shape index (κ2) is 11.3. The van der Waals surface area contributed by atoms with Gasteiger partial charge in [0.1, 0.15) is 0 Å². The van der Waals surface area contributed by atoms with Crippen LogP contribution in [0.5, 0.6) is 0 Å². The molecule has 1 amide bonds. The lowest BCUT2D eigenvalue weighted by atomic mass is 10.2. The highest BCUT2D eigenvalue weighted by Crippen LogP contribution is 1.93. The van der Waals surface area contributed by atoms with Crippen molar-refractivity contribution in [1.82, 2.24) is 5.32 Å². The average Bonchev–Trinajstić information content (AvgIpc) is 2.23. The van der Waals surface area contributed by atoms with Gasteiger partial charge in [-0.3, -0.25) is 4.79 Å². The van der Waals surface area contributed by atoms with E-state index in [4.69, 9.17) is 11.5 Å². The molecular weight excluding hydrogens is 202 g/mol. The van der Waals surface area contributed by atoms with Crippen LogP contribution in [-0.4, -0.2) is 19.0 Å². The lowest BCUT2D eigenvalue weighted by Crippen LogP contribution is -2.29. The van der Waals surface area contributed by atoms with Crippen LogP contribution in [0.2, 0.25) is 0 Å². The van der Waals surface area contributed by atoms with E-state index in [1.807, 2.05) is 0 Å². The summed E-state index contributed by atoms with van der Waals surface area (Å²) in [6.07, 6.45) is 7.97. The number of nitrogens with two attached hydrogens (primary N) is 2. The zero-order chi connectivity index (χ0) is 13.0. The quantitative estimate of drug-likeness (QED) is 0.369. The molecule has 0 unspecified atom stereocenters. The first-order chi connectivity index (χ1) is 7.49. The molecule has 0 spiro atoms. The normalized spacial score (nSPS) is 10.9. The molecule has 0 rings (SSSR count). The van der Waals surface area contributed by atoms with Gasteiger partial charge in [-0.25, -0.2) is 0 Å². The summed E-state index contributed by atoms with van der Waals surface area (Å²) in [4.78, 5) is 11.2. The Balaban J connectivity index is 0. The lowest BCUT2D eigenvalue weighted by Gasteiger charge is -2.01. The summed E-state index contributed by atoms with van der Waals surface area (Å²) in [7, 11) is 0. The smallest absolute Gasteiger partial charge is 0.246 e. The highest BCUT2D eigenvalue weighted by Gasteiger charge is 2.00. The van der Waals surface area contributed by atoms with Gasteiger partial charge < -0.3 is 16.8 Å². The van der Waals surface area contributed by atoms with Gasteiger partial charge in [-0.1, -0.05) is 6.08 Å². The van der Waals surface area contributed by atoms with Crippen molar-refractivity contribution in [3.63, 3.8) is 0 Å². The monoisotopic (exact) mass is 223 g/mol. The van der Waals surface area contributed by atoms with E-state index in [9.17, 15) is 4.79 Å². The highest BCUT2D eigenvalue weighted by molar-refractivity contribution is 5.93. The third-order valence-corrected chi connectivity index (χ3v) is 1.38. The first kappa shape index (κ1) is 16.7. The van der Waals surface area contributed by atoms with Crippen molar-refractivity contribution in [2.24, 2.45) is 11.5 Å². The van der Waals surface area contributed by atoms with Crippen LogP contribution in [0.3, 0.4) is 0 Å². The second-order valence-electron chi connectivity index (χ2n) is 3.09. The van der Waals surface area contributed by atoms with Crippen molar-refractivity contribution in [2.75, 3.05) is 13.1 Å². The maximum absolute atomic E-state index is 11.2. The number of allylic oxidation sites excluding steroid dienone is 3. The molecule has 0 aromatic carbocycles. The fourth-order valence-corrected chi connectivity index (χ4v) is 0.657. The fraction of sp³-hybridized carbons (Fsp3) is 0.417. The van der Waals surface area contributed by atoms with E-state index in [2.05, 4.69) is 17.7 Å². The molecule has 0 aromatic rings. The van der Waals surface area contributed by atoms with Crippen molar-refractivity contribution in [2.45, 2.75) is 20.8 Å². The number of carbonyl (C=O) groups is 1. The van der Waals surface area contributed by atoms with Crippen LogP contribution in [0.1, 0.15) is 20.8 Å². The summed E-state index contributed by atoms with van der Waals surface area (Å²) in [5, 5.41) is 2.65. The number of hydrogen-bond donors (Lipinski definition) is 3. The Kier molecular flexibility index (Phi) is 11.8. The molecule has 0 bridgehead atoms. The van der Waals surface area contributed by atoms with Crippen molar-refractivity contribution in [3.05, 3.63) is 23.4 Å². The van der Waals surface area contributed by atoms with Crippen molar-refractivity contribution in [1.29, 1.82) is 0 Å². The van der Waals surface area contributed by atoms with E-state index in [0.29, 0.717) is 24.4 Å². The Bertz CT molecular complexity index is 294. The molecule has 0 aliphatic heterocycles. The molecule has 0 fully saturated rings. The molecule has 0 radical (unpaired) electrons. The highest BCUT2D eigenvalue weighted by atomic mass is 16.1. The van der Waals surface area contributed by atoms with Crippen LogP contribution in [-0.2, 0) is 4.79 Å². The molecule has 0 aliphatic carbocycles. The maximum Gasteiger partial charge on any atom is 0.246 e. The molecule has 16 heavy (non-hydrogen) atoms. The molecule has 0 atom stereocenters. The van der Waals surface area contributed by atoms with Crippen molar-refractivity contribution >= 4 is 5.91 Å². The summed E-state index contributed by atoms with van der Waals surface area (Å²) in [5.74, 6) is 2.14. The van der Waals surface area contributed by atoms with Gasteiger partial charge in [0, 0.05) is 24.4 Å². The zero-order valence-electron chi connectivity index (χ0n) is 10.2. The standard InChI is InChI=1S/C9H17N3O.C3H4/c1-7(3-4-8(2)11)9(13)12-6-5-10;1-3-2/h3-4H,5-6,10-11H2,1-2H3,(H,12,13);1H,2H3/b7-3+,8-4+;. The molecular formula is C12H21N3O. The molecule has 0 heterocycles. The minimum atomic E-state index is -0.108. The van der Waals surface area contributed by atoms with E-state index in [-0.39, 0.29) is 5.91 Å². The predicted octanol–water partition coefficient (Wildman–Crippen LogP) is 0.510. The topological polar surface area (TPSA) is 81.1 Å². The number of carbonyl (C=O) groups excluding carboxylic acids is 1. The van der Waals surface area contributed by atoms with Gasteiger partial charge in [-0.05, 0) is 26.8 Å². The van der Waals surface area contributed by atoms with Crippen LogP contribution in [0.15, 0.2) is 23.4 Å². The van der Waals surface area contributed by atoms with Crippen LogP contribution in [0, 0.1) is 12.3 Å². The summed E-state index contributed by atoms with van der Waals surface area (Å²) in [5.41, 5.74) is 11.9. The Hall–Kier alpha value is -1.73. The third-order valence-electron chi connectivity index (χ3n) is 1.38. The fourth-order valence-electron chi connectivity index (χ4n) is 0.657. The van der Waals surface area contributed by atoms with Gasteiger partial charge in [0.2, 0.25) is 5.91 Å². The minimum Gasteiger partial charge on any atom is -0.402 e. The van der Waals surface area contributed by atoms with Crippen molar-refractivity contribution in [3.8, 4) is 12.3 Å². The van der Waals surface area contributed by atoms with Gasteiger partial charge in [0.25, 0.3) is 0 Å². The van der Waals surface area contributed by atoms with Gasteiger partial charge in [-0.15, -0.1) is 12.3 Å². The summed E-state index contributed by atoms with van der Waals surface area (Å²) >= 11 is 0. The lowest BCUT2D eigenvalue weighted by molar-refractivity contribution is -0.117. The SMILES string of the molecule is C#CC.C/C(N)=C\C=C(/C)C(=O)NCCN. The molecule has 90 valence electrons. The molecule has 0 saturated carbocycles. The van der Waals surface area contributed by atoms with E-state index in [1.165, 1.54) is 0 Å². The first-order valence-corrected chi connectivity index (χ1v) is 4.95. The molecule has 0 aromatic heterocycles. The van der Waals surface area contributed by atoms with Crippen LogP contribution in [0.25, 0.3) is 0 Å². The van der Waals surface area contributed by atoms with Gasteiger partial charge >= 0.3 is 0 Å². The summed E-state index contributed by atoms with van der Waals surface area (Å²) in [6.45, 7) is 6.09. The van der Waals surface area contributed by atoms with Gasteiger partial charge in [0.05, 0.1) is 0 Å². The number of rotatable bonds is 4. The molecule has 4 heteroatoms. The maximum atomic E-state index is 11.2. The van der Waals surface area contributed by atoms with Gasteiger partial charge in [-0.2, -0.15) is 0 Å². The third kappa shape index (κ3) is 12.3. The van der Waals surface area contributed by atoms with E-state index in [1.54, 1.807) is 32.9 Å². The minimum absolute atomic E-state index is 0.108. The summed E-state index contributed by atoms with van der Waals surface area (Å²) < 4.78 is 0. The predicted molar refractivity (Wildman–Crippen MR) is 68.3 cm³/mol. The first-order valence-electron chi connectivity index (χ1n) is 4.95. The van der Waals surface area contributed by atoms with Crippen LogP contribution in [0.4, 0.5) is 0 Å². The largest absolute Gasteiger partial charge is 0.402 e. The molecule has 4 nitrogen and oxygen atoms in total. The van der Waals surface area contributed by atoms with Gasteiger partial charge in [0.15, 0.2) is 0 Å².